The molecule has 2 aromatic rings. The van der Waals surface area contributed by atoms with Crippen molar-refractivity contribution in [2.75, 3.05) is 13.2 Å². The Morgan fingerprint density at radius 1 is 1.16 bits per heavy atom. The van der Waals surface area contributed by atoms with Gasteiger partial charge in [-0.15, -0.1) is 11.3 Å². The highest BCUT2D eigenvalue weighted by atomic mass is 32.1. The first-order valence-electron chi connectivity index (χ1n) is 7.51. The van der Waals surface area contributed by atoms with E-state index in [1.165, 1.54) is 23.5 Å². The summed E-state index contributed by atoms with van der Waals surface area (Å²) in [5.41, 5.74) is 0.858. The van der Waals surface area contributed by atoms with Crippen LogP contribution in [0, 0.1) is 0 Å². The number of hydrogen-bond acceptors (Lipinski definition) is 5. The molecular weight excluding hydrogens is 352 g/mol. The average Bonchev–Trinajstić information content (AvgIpc) is 3.07. The summed E-state index contributed by atoms with van der Waals surface area (Å²) in [4.78, 5) is 24.1. The van der Waals surface area contributed by atoms with Gasteiger partial charge in [0.15, 0.2) is 6.61 Å². The number of alkyl halides is 2. The van der Waals surface area contributed by atoms with E-state index in [0.717, 1.165) is 10.4 Å². The lowest BCUT2D eigenvalue weighted by atomic mass is 10.1. The minimum Gasteiger partial charge on any atom is -0.455 e. The number of rotatable bonds is 9. The predicted molar refractivity (Wildman–Crippen MR) is 88.8 cm³/mol. The van der Waals surface area contributed by atoms with Crippen LogP contribution in [0.15, 0.2) is 41.8 Å². The molecule has 134 valence electrons. The third-order valence-corrected chi connectivity index (χ3v) is 4.02. The molecule has 0 aliphatic rings. The summed E-state index contributed by atoms with van der Waals surface area (Å²) in [6, 6.07) is 9.83. The molecule has 1 aromatic heterocycles. The summed E-state index contributed by atoms with van der Waals surface area (Å²) in [6.07, 6.45) is 0.668. The molecule has 1 heterocycles. The van der Waals surface area contributed by atoms with Crippen molar-refractivity contribution in [1.82, 2.24) is 5.32 Å². The number of hydrogen-bond donors (Lipinski definition) is 1. The maximum absolute atomic E-state index is 12.0. The maximum Gasteiger partial charge on any atom is 0.387 e. The Balaban J connectivity index is 1.62. The number of amides is 1. The summed E-state index contributed by atoms with van der Waals surface area (Å²) in [7, 11) is 0. The SMILES string of the molecule is O=C(COC(=O)Cc1cccs1)NCCc1ccc(OC(F)F)cc1. The zero-order valence-corrected chi connectivity index (χ0v) is 14.1. The number of ether oxygens (including phenoxy) is 2. The van der Waals surface area contributed by atoms with Gasteiger partial charge in [-0.2, -0.15) is 8.78 Å². The van der Waals surface area contributed by atoms with E-state index in [4.69, 9.17) is 4.74 Å². The first kappa shape index (κ1) is 18.9. The topological polar surface area (TPSA) is 64.6 Å². The molecule has 1 amide bonds. The normalized spacial score (nSPS) is 10.5. The number of nitrogens with one attached hydrogen (secondary N) is 1. The molecule has 0 saturated carbocycles. The fourth-order valence-electron chi connectivity index (χ4n) is 1.99. The van der Waals surface area contributed by atoms with Gasteiger partial charge in [0.1, 0.15) is 5.75 Å². The molecule has 0 unspecified atom stereocenters. The van der Waals surface area contributed by atoms with Crippen molar-refractivity contribution >= 4 is 23.2 Å². The quantitative estimate of drug-likeness (QED) is 0.691. The van der Waals surface area contributed by atoms with Crippen LogP contribution in [0.5, 0.6) is 5.75 Å². The number of halogens is 2. The van der Waals surface area contributed by atoms with Crippen LogP contribution in [-0.4, -0.2) is 31.6 Å². The van der Waals surface area contributed by atoms with Crippen LogP contribution in [0.2, 0.25) is 0 Å². The first-order valence-corrected chi connectivity index (χ1v) is 8.39. The van der Waals surface area contributed by atoms with Crippen molar-refractivity contribution in [1.29, 1.82) is 0 Å². The number of esters is 1. The molecule has 0 fully saturated rings. The zero-order chi connectivity index (χ0) is 18.1. The Morgan fingerprint density at radius 2 is 1.92 bits per heavy atom. The lowest BCUT2D eigenvalue weighted by molar-refractivity contribution is -0.147. The standard InChI is InChI=1S/C17H17F2NO4S/c18-17(19)24-13-5-3-12(4-6-13)7-8-20-15(21)11-23-16(22)10-14-2-1-9-25-14/h1-6,9,17H,7-8,10-11H2,(H,20,21). The molecule has 0 aliphatic carbocycles. The molecule has 0 saturated heterocycles. The molecule has 0 atom stereocenters. The fraction of sp³-hybridized carbons (Fsp3) is 0.294. The van der Waals surface area contributed by atoms with Gasteiger partial charge in [0.05, 0.1) is 6.42 Å². The lowest BCUT2D eigenvalue weighted by Crippen LogP contribution is -2.30. The summed E-state index contributed by atoms with van der Waals surface area (Å²) >= 11 is 1.45. The molecular formula is C17H17F2NO4S. The number of carbonyl (C=O) groups is 2. The molecule has 0 radical (unpaired) electrons. The van der Waals surface area contributed by atoms with Crippen molar-refractivity contribution in [2.45, 2.75) is 19.5 Å². The van der Waals surface area contributed by atoms with Crippen LogP contribution in [-0.2, 0) is 27.2 Å². The first-order chi connectivity index (χ1) is 12.0. The lowest BCUT2D eigenvalue weighted by Gasteiger charge is -2.08. The largest absolute Gasteiger partial charge is 0.455 e. The molecule has 25 heavy (non-hydrogen) atoms. The van der Waals surface area contributed by atoms with Crippen molar-refractivity contribution < 1.29 is 27.8 Å². The highest BCUT2D eigenvalue weighted by Gasteiger charge is 2.09. The minimum atomic E-state index is -2.85. The van der Waals surface area contributed by atoms with Gasteiger partial charge in [0, 0.05) is 11.4 Å². The van der Waals surface area contributed by atoms with E-state index >= 15 is 0 Å². The average molecular weight is 369 g/mol. The van der Waals surface area contributed by atoms with Gasteiger partial charge < -0.3 is 14.8 Å². The van der Waals surface area contributed by atoms with Crippen LogP contribution in [0.3, 0.4) is 0 Å². The fourth-order valence-corrected chi connectivity index (χ4v) is 2.68. The monoisotopic (exact) mass is 369 g/mol. The molecule has 1 aromatic carbocycles. The van der Waals surface area contributed by atoms with Crippen molar-refractivity contribution in [3.05, 3.63) is 52.2 Å². The molecule has 1 N–H and O–H groups in total. The Kier molecular flexibility index (Phi) is 7.34. The van der Waals surface area contributed by atoms with Crippen LogP contribution in [0.1, 0.15) is 10.4 Å². The molecule has 2 rings (SSSR count). The van der Waals surface area contributed by atoms with Gasteiger partial charge in [-0.3, -0.25) is 9.59 Å². The van der Waals surface area contributed by atoms with Crippen LogP contribution in [0.4, 0.5) is 8.78 Å². The highest BCUT2D eigenvalue weighted by Crippen LogP contribution is 2.15. The third kappa shape index (κ3) is 7.30. The third-order valence-electron chi connectivity index (χ3n) is 3.15. The Labute approximate surface area is 147 Å². The van der Waals surface area contributed by atoms with Gasteiger partial charge in [0.2, 0.25) is 0 Å². The minimum absolute atomic E-state index is 0.0837. The number of thiophene rings is 1. The molecule has 8 heteroatoms. The Bertz CT molecular complexity index is 674. The Morgan fingerprint density at radius 3 is 2.56 bits per heavy atom. The molecule has 0 spiro atoms. The zero-order valence-electron chi connectivity index (χ0n) is 13.2. The molecule has 5 nitrogen and oxygen atoms in total. The van der Waals surface area contributed by atoms with E-state index in [2.05, 4.69) is 10.1 Å². The second-order valence-electron chi connectivity index (χ2n) is 5.04. The van der Waals surface area contributed by atoms with E-state index in [-0.39, 0.29) is 18.8 Å². The number of benzene rings is 1. The van der Waals surface area contributed by atoms with Gasteiger partial charge in [-0.25, -0.2) is 0 Å². The van der Waals surface area contributed by atoms with E-state index in [1.807, 2.05) is 17.5 Å². The summed E-state index contributed by atoms with van der Waals surface area (Å²) in [5.74, 6) is -0.759. The molecule has 0 bridgehead atoms. The van der Waals surface area contributed by atoms with E-state index in [1.54, 1.807) is 12.1 Å². The summed E-state index contributed by atoms with van der Waals surface area (Å²) in [6.45, 7) is -2.84. The van der Waals surface area contributed by atoms with Gasteiger partial charge in [-0.05, 0) is 35.6 Å². The van der Waals surface area contributed by atoms with Crippen LogP contribution < -0.4 is 10.1 Å². The number of carbonyl (C=O) groups excluding carboxylic acids is 2. The van der Waals surface area contributed by atoms with Crippen LogP contribution in [0.25, 0.3) is 0 Å². The summed E-state index contributed by atoms with van der Waals surface area (Å²) < 4.78 is 33.2. The second-order valence-corrected chi connectivity index (χ2v) is 6.07. The van der Waals surface area contributed by atoms with Gasteiger partial charge >= 0.3 is 12.6 Å². The van der Waals surface area contributed by atoms with Crippen molar-refractivity contribution in [2.24, 2.45) is 0 Å². The summed E-state index contributed by atoms with van der Waals surface area (Å²) in [5, 5.41) is 4.49. The van der Waals surface area contributed by atoms with Crippen molar-refractivity contribution in [3.63, 3.8) is 0 Å². The van der Waals surface area contributed by atoms with E-state index in [0.29, 0.717) is 13.0 Å². The van der Waals surface area contributed by atoms with Gasteiger partial charge in [0.25, 0.3) is 5.91 Å². The highest BCUT2D eigenvalue weighted by molar-refractivity contribution is 7.10. The van der Waals surface area contributed by atoms with Crippen molar-refractivity contribution in [3.8, 4) is 5.75 Å². The Hall–Kier alpha value is -2.48. The van der Waals surface area contributed by atoms with Gasteiger partial charge in [-0.1, -0.05) is 18.2 Å². The maximum atomic E-state index is 12.0. The smallest absolute Gasteiger partial charge is 0.387 e. The predicted octanol–water partition coefficient (Wildman–Crippen LogP) is 2.79. The molecule has 0 aliphatic heterocycles. The second kappa shape index (κ2) is 9.73. The van der Waals surface area contributed by atoms with E-state index < -0.39 is 18.5 Å². The van der Waals surface area contributed by atoms with Crippen LogP contribution >= 0.6 is 11.3 Å². The van der Waals surface area contributed by atoms with E-state index in [9.17, 15) is 18.4 Å².